The topological polar surface area (TPSA) is 55.1 Å². The van der Waals surface area contributed by atoms with Crippen LogP contribution in [-0.4, -0.2) is 11.1 Å². The molecule has 0 unspecified atom stereocenters. The summed E-state index contributed by atoms with van der Waals surface area (Å²) in [4.78, 5) is 12.4. The molecule has 3 rings (SSSR count). The molecule has 0 bridgehead atoms. The Morgan fingerprint density at radius 3 is 2.46 bits per heavy atom. The molecule has 2 aromatic carbocycles. The number of hydrogen-bond acceptors (Lipinski definition) is 3. The molecule has 0 spiro atoms. The summed E-state index contributed by atoms with van der Waals surface area (Å²) >= 11 is 0. The Kier molecular flexibility index (Phi) is 4.75. The summed E-state index contributed by atoms with van der Waals surface area (Å²) in [7, 11) is 0. The fourth-order valence-electron chi connectivity index (χ4n) is 2.72. The molecule has 0 aliphatic carbocycles. The Labute approximate surface area is 141 Å². The zero-order valence-electron chi connectivity index (χ0n) is 13.9. The van der Waals surface area contributed by atoms with Gasteiger partial charge in [-0.05, 0) is 37.5 Å². The predicted molar refractivity (Wildman–Crippen MR) is 94.0 cm³/mol. The Bertz CT molecular complexity index is 818. The van der Waals surface area contributed by atoms with Crippen LogP contribution in [0.5, 0.6) is 0 Å². The first-order valence-corrected chi connectivity index (χ1v) is 7.97. The van der Waals surface area contributed by atoms with Gasteiger partial charge in [-0.25, -0.2) is 0 Å². The number of aromatic nitrogens is 1. The van der Waals surface area contributed by atoms with Gasteiger partial charge in [0.05, 0.1) is 12.1 Å². The third kappa shape index (κ3) is 3.71. The van der Waals surface area contributed by atoms with E-state index in [9.17, 15) is 4.79 Å². The van der Waals surface area contributed by atoms with Crippen LogP contribution < -0.4 is 5.32 Å². The predicted octanol–water partition coefficient (Wildman–Crippen LogP) is 4.06. The smallest absolute Gasteiger partial charge is 0.229 e. The highest BCUT2D eigenvalue weighted by Crippen LogP contribution is 2.20. The first kappa shape index (κ1) is 16.0. The quantitative estimate of drug-likeness (QED) is 0.771. The second-order valence-electron chi connectivity index (χ2n) is 5.85. The van der Waals surface area contributed by atoms with E-state index in [0.717, 1.165) is 28.9 Å². The van der Waals surface area contributed by atoms with Crippen molar-refractivity contribution in [1.29, 1.82) is 0 Å². The number of carbonyl (C=O) groups is 1. The molecule has 0 saturated carbocycles. The van der Waals surface area contributed by atoms with E-state index in [1.54, 1.807) is 0 Å². The van der Waals surface area contributed by atoms with Crippen molar-refractivity contribution in [3.8, 4) is 0 Å². The van der Waals surface area contributed by atoms with E-state index in [2.05, 4.69) is 22.6 Å². The van der Waals surface area contributed by atoms with E-state index in [1.807, 2.05) is 56.3 Å². The lowest BCUT2D eigenvalue weighted by Gasteiger charge is -2.11. The largest absolute Gasteiger partial charge is 0.361 e. The van der Waals surface area contributed by atoms with Gasteiger partial charge in [-0.15, -0.1) is 0 Å². The third-order valence-corrected chi connectivity index (χ3v) is 4.05. The standard InChI is InChI=1S/C20H20N2O2/c1-14-18(15(2)24-22-14)13-20(23)21-19-11-7-6-10-17(19)12-16-8-4-3-5-9-16/h3-11H,12-13H2,1-2H3,(H,21,23). The lowest BCUT2D eigenvalue weighted by molar-refractivity contribution is -0.115. The molecule has 0 aliphatic heterocycles. The van der Waals surface area contributed by atoms with Crippen LogP contribution in [-0.2, 0) is 17.6 Å². The number of nitrogens with one attached hydrogen (secondary N) is 1. The molecule has 0 aliphatic rings. The highest BCUT2D eigenvalue weighted by Gasteiger charge is 2.14. The molecule has 122 valence electrons. The summed E-state index contributed by atoms with van der Waals surface area (Å²) in [5.74, 6) is 0.630. The van der Waals surface area contributed by atoms with Gasteiger partial charge in [0, 0.05) is 11.3 Å². The monoisotopic (exact) mass is 320 g/mol. The number of aryl methyl sites for hydroxylation is 2. The maximum atomic E-state index is 12.4. The Hall–Kier alpha value is -2.88. The van der Waals surface area contributed by atoms with Gasteiger partial charge in [0.15, 0.2) is 0 Å². The molecule has 1 N–H and O–H groups in total. The minimum Gasteiger partial charge on any atom is -0.361 e. The molecule has 4 heteroatoms. The molecule has 0 atom stereocenters. The number of rotatable bonds is 5. The lowest BCUT2D eigenvalue weighted by atomic mass is 10.0. The molecular weight excluding hydrogens is 300 g/mol. The van der Waals surface area contributed by atoms with Gasteiger partial charge in [-0.2, -0.15) is 0 Å². The van der Waals surface area contributed by atoms with Crippen LogP contribution in [0.2, 0.25) is 0 Å². The van der Waals surface area contributed by atoms with Gasteiger partial charge in [0.1, 0.15) is 5.76 Å². The number of benzene rings is 2. The molecule has 1 aromatic heterocycles. The summed E-state index contributed by atoms with van der Waals surface area (Å²) in [6, 6.07) is 18.1. The number of carbonyl (C=O) groups excluding carboxylic acids is 1. The SMILES string of the molecule is Cc1noc(C)c1CC(=O)Nc1ccccc1Cc1ccccc1. The molecule has 0 fully saturated rings. The number of amides is 1. The van der Waals surface area contributed by atoms with Crippen LogP contribution in [0.25, 0.3) is 0 Å². The van der Waals surface area contributed by atoms with Crippen LogP contribution in [0.4, 0.5) is 5.69 Å². The Balaban J connectivity index is 1.74. The second kappa shape index (κ2) is 7.13. The van der Waals surface area contributed by atoms with Crippen LogP contribution in [0.1, 0.15) is 28.1 Å². The number of nitrogens with zero attached hydrogens (tertiary/aromatic N) is 1. The maximum Gasteiger partial charge on any atom is 0.229 e. The van der Waals surface area contributed by atoms with Crippen molar-refractivity contribution >= 4 is 11.6 Å². The fourth-order valence-corrected chi connectivity index (χ4v) is 2.72. The molecule has 1 amide bonds. The molecule has 0 saturated heterocycles. The highest BCUT2D eigenvalue weighted by molar-refractivity contribution is 5.93. The number of hydrogen-bond donors (Lipinski definition) is 1. The van der Waals surface area contributed by atoms with E-state index < -0.39 is 0 Å². The average molecular weight is 320 g/mol. The highest BCUT2D eigenvalue weighted by atomic mass is 16.5. The van der Waals surface area contributed by atoms with Gasteiger partial charge >= 0.3 is 0 Å². The molecule has 24 heavy (non-hydrogen) atoms. The van der Waals surface area contributed by atoms with E-state index in [4.69, 9.17) is 4.52 Å². The molecule has 3 aromatic rings. The summed E-state index contributed by atoms with van der Waals surface area (Å²) < 4.78 is 5.12. The minimum atomic E-state index is -0.0649. The van der Waals surface area contributed by atoms with E-state index in [1.165, 1.54) is 5.56 Å². The third-order valence-electron chi connectivity index (χ3n) is 4.05. The number of para-hydroxylation sites is 1. The van der Waals surface area contributed by atoms with Crippen molar-refractivity contribution in [2.45, 2.75) is 26.7 Å². The summed E-state index contributed by atoms with van der Waals surface area (Å²) in [5.41, 5.74) is 4.77. The van der Waals surface area contributed by atoms with Gasteiger partial charge in [-0.1, -0.05) is 53.7 Å². The fraction of sp³-hybridized carbons (Fsp3) is 0.200. The van der Waals surface area contributed by atoms with Crippen molar-refractivity contribution in [3.63, 3.8) is 0 Å². The molecule has 0 radical (unpaired) electrons. The molecule has 4 nitrogen and oxygen atoms in total. The summed E-state index contributed by atoms with van der Waals surface area (Å²) in [5, 5.41) is 6.91. The van der Waals surface area contributed by atoms with Gasteiger partial charge in [0.25, 0.3) is 0 Å². The van der Waals surface area contributed by atoms with Crippen molar-refractivity contribution < 1.29 is 9.32 Å². The van der Waals surface area contributed by atoms with Crippen molar-refractivity contribution in [1.82, 2.24) is 5.16 Å². The molecule has 1 heterocycles. The second-order valence-corrected chi connectivity index (χ2v) is 5.85. The molecular formula is C20H20N2O2. The van der Waals surface area contributed by atoms with E-state index in [-0.39, 0.29) is 12.3 Å². The zero-order chi connectivity index (χ0) is 16.9. The maximum absolute atomic E-state index is 12.4. The Morgan fingerprint density at radius 2 is 1.75 bits per heavy atom. The Morgan fingerprint density at radius 1 is 1.04 bits per heavy atom. The van der Waals surface area contributed by atoms with E-state index >= 15 is 0 Å². The van der Waals surface area contributed by atoms with Gasteiger partial charge < -0.3 is 9.84 Å². The van der Waals surface area contributed by atoms with Gasteiger partial charge in [-0.3, -0.25) is 4.79 Å². The van der Waals surface area contributed by atoms with Crippen LogP contribution in [0.15, 0.2) is 59.1 Å². The minimum absolute atomic E-state index is 0.0649. The lowest BCUT2D eigenvalue weighted by Crippen LogP contribution is -2.16. The normalized spacial score (nSPS) is 10.6. The zero-order valence-corrected chi connectivity index (χ0v) is 13.9. The van der Waals surface area contributed by atoms with Crippen molar-refractivity contribution in [2.75, 3.05) is 5.32 Å². The van der Waals surface area contributed by atoms with Crippen LogP contribution >= 0.6 is 0 Å². The van der Waals surface area contributed by atoms with Crippen molar-refractivity contribution in [2.24, 2.45) is 0 Å². The first-order valence-electron chi connectivity index (χ1n) is 7.97. The van der Waals surface area contributed by atoms with Crippen LogP contribution in [0.3, 0.4) is 0 Å². The average Bonchev–Trinajstić information content (AvgIpc) is 2.89. The summed E-state index contributed by atoms with van der Waals surface area (Å²) in [6.45, 7) is 3.68. The van der Waals surface area contributed by atoms with Crippen molar-refractivity contribution in [3.05, 3.63) is 82.7 Å². The first-order chi connectivity index (χ1) is 11.6. The summed E-state index contributed by atoms with van der Waals surface area (Å²) in [6.07, 6.45) is 1.05. The van der Waals surface area contributed by atoms with Crippen LogP contribution in [0, 0.1) is 13.8 Å². The number of anilines is 1. The van der Waals surface area contributed by atoms with Gasteiger partial charge in [0.2, 0.25) is 5.91 Å². The van der Waals surface area contributed by atoms with E-state index in [0.29, 0.717) is 5.76 Å².